The zero-order valence-corrected chi connectivity index (χ0v) is 13.5. The Hall–Kier alpha value is -2.62. The molecule has 0 bridgehead atoms. The number of amides is 1. The van der Waals surface area contributed by atoms with E-state index in [0.717, 1.165) is 22.3 Å². The zero-order chi connectivity index (χ0) is 16.8. The summed E-state index contributed by atoms with van der Waals surface area (Å²) >= 11 is 0. The molecule has 1 N–H and O–H groups in total. The summed E-state index contributed by atoms with van der Waals surface area (Å²) in [4.78, 5) is 25.9. The quantitative estimate of drug-likeness (QED) is 0.943. The Labute approximate surface area is 140 Å². The van der Waals surface area contributed by atoms with E-state index in [2.05, 4.69) is 24.3 Å². The van der Waals surface area contributed by atoms with Gasteiger partial charge in [-0.25, -0.2) is 0 Å². The Bertz CT molecular complexity index is 784. The van der Waals surface area contributed by atoms with Gasteiger partial charge in [0.2, 0.25) is 5.91 Å². The number of rotatable bonds is 3. The molecule has 2 atom stereocenters. The molecule has 2 aromatic rings. The molecule has 122 valence electrons. The molecule has 24 heavy (non-hydrogen) atoms. The minimum atomic E-state index is -0.861. The van der Waals surface area contributed by atoms with Gasteiger partial charge < -0.3 is 10.0 Å². The van der Waals surface area contributed by atoms with Crippen molar-refractivity contribution >= 4 is 11.9 Å². The van der Waals surface area contributed by atoms with E-state index in [1.54, 1.807) is 11.9 Å². The second-order valence-corrected chi connectivity index (χ2v) is 6.65. The van der Waals surface area contributed by atoms with Crippen molar-refractivity contribution in [3.63, 3.8) is 0 Å². The van der Waals surface area contributed by atoms with Gasteiger partial charge in [0.05, 0.1) is 17.9 Å². The summed E-state index contributed by atoms with van der Waals surface area (Å²) in [5.74, 6) is -1.86. The highest BCUT2D eigenvalue weighted by Crippen LogP contribution is 2.47. The molecule has 0 spiro atoms. The predicted molar refractivity (Wildman–Crippen MR) is 90.3 cm³/mol. The first kappa shape index (κ1) is 14.9. The van der Waals surface area contributed by atoms with E-state index in [4.69, 9.17) is 0 Å². The van der Waals surface area contributed by atoms with E-state index >= 15 is 0 Å². The molecule has 0 heterocycles. The molecule has 4 rings (SSSR count). The normalized spacial score (nSPS) is 21.5. The summed E-state index contributed by atoms with van der Waals surface area (Å²) in [6.07, 6.45) is 1.26. The van der Waals surface area contributed by atoms with Gasteiger partial charge in [-0.15, -0.1) is 0 Å². The Balaban J connectivity index is 1.71. The monoisotopic (exact) mass is 321 g/mol. The van der Waals surface area contributed by atoms with Gasteiger partial charge >= 0.3 is 5.97 Å². The van der Waals surface area contributed by atoms with Gasteiger partial charge in [0.15, 0.2) is 0 Å². The molecule has 4 nitrogen and oxygen atoms in total. The number of hydrogen-bond donors (Lipinski definition) is 1. The number of hydrogen-bond acceptors (Lipinski definition) is 2. The number of fused-ring (bicyclic) bond motifs is 3. The number of benzene rings is 2. The Morgan fingerprint density at radius 1 is 0.917 bits per heavy atom. The largest absolute Gasteiger partial charge is 0.481 e. The molecular weight excluding hydrogens is 302 g/mol. The molecule has 2 unspecified atom stereocenters. The van der Waals surface area contributed by atoms with E-state index < -0.39 is 17.8 Å². The second kappa shape index (κ2) is 5.48. The van der Waals surface area contributed by atoms with Gasteiger partial charge in [-0.05, 0) is 35.1 Å². The van der Waals surface area contributed by atoms with Gasteiger partial charge in [-0.2, -0.15) is 0 Å². The first-order valence-corrected chi connectivity index (χ1v) is 8.27. The molecule has 0 aromatic heterocycles. The van der Waals surface area contributed by atoms with Crippen LogP contribution in [0.15, 0.2) is 48.5 Å². The van der Waals surface area contributed by atoms with Crippen LogP contribution in [0.25, 0.3) is 11.1 Å². The lowest BCUT2D eigenvalue weighted by Gasteiger charge is -2.37. The van der Waals surface area contributed by atoms with Crippen LogP contribution in [0.1, 0.15) is 30.0 Å². The second-order valence-electron chi connectivity index (χ2n) is 6.65. The molecule has 1 saturated carbocycles. The van der Waals surface area contributed by atoms with Crippen LogP contribution in [0.4, 0.5) is 0 Å². The summed E-state index contributed by atoms with van der Waals surface area (Å²) in [7, 11) is 1.79. The van der Waals surface area contributed by atoms with Gasteiger partial charge in [0.25, 0.3) is 0 Å². The maximum absolute atomic E-state index is 12.9. The van der Waals surface area contributed by atoms with Crippen molar-refractivity contribution in [3.8, 4) is 11.1 Å². The minimum Gasteiger partial charge on any atom is -0.481 e. The lowest BCUT2D eigenvalue weighted by molar-refractivity contribution is -0.156. The van der Waals surface area contributed by atoms with Crippen LogP contribution in [0, 0.1) is 11.8 Å². The fourth-order valence-corrected chi connectivity index (χ4v) is 4.03. The summed E-state index contributed by atoms with van der Waals surface area (Å²) in [6, 6.07) is 16.1. The SMILES string of the molecule is CN(C(=O)C1CCC1C(=O)O)C1c2ccccc2-c2ccccc21. The number of aliphatic carboxylic acids is 1. The van der Waals surface area contributed by atoms with Gasteiger partial charge in [-0.3, -0.25) is 9.59 Å². The Morgan fingerprint density at radius 2 is 1.42 bits per heavy atom. The number of carbonyl (C=O) groups excluding carboxylic acids is 1. The van der Waals surface area contributed by atoms with E-state index in [1.165, 1.54) is 0 Å². The lowest BCUT2D eigenvalue weighted by atomic mass is 9.72. The third kappa shape index (κ3) is 2.06. The van der Waals surface area contributed by atoms with Crippen LogP contribution >= 0.6 is 0 Å². The van der Waals surface area contributed by atoms with Crippen LogP contribution in [0.3, 0.4) is 0 Å². The van der Waals surface area contributed by atoms with Gasteiger partial charge in [-0.1, -0.05) is 48.5 Å². The third-order valence-corrected chi connectivity index (χ3v) is 5.44. The van der Waals surface area contributed by atoms with E-state index in [0.29, 0.717) is 12.8 Å². The fraction of sp³-hybridized carbons (Fsp3) is 0.300. The molecule has 1 fully saturated rings. The molecule has 2 aromatic carbocycles. The maximum atomic E-state index is 12.9. The zero-order valence-electron chi connectivity index (χ0n) is 13.5. The molecule has 2 aliphatic rings. The summed E-state index contributed by atoms with van der Waals surface area (Å²) < 4.78 is 0. The van der Waals surface area contributed by atoms with Crippen molar-refractivity contribution in [1.29, 1.82) is 0 Å². The van der Waals surface area contributed by atoms with Crippen LogP contribution in [0.2, 0.25) is 0 Å². The summed E-state index contributed by atoms with van der Waals surface area (Å²) in [5, 5.41) is 9.24. The lowest BCUT2D eigenvalue weighted by Crippen LogP contribution is -2.45. The highest BCUT2D eigenvalue weighted by atomic mass is 16.4. The highest BCUT2D eigenvalue weighted by molar-refractivity contribution is 5.88. The molecule has 1 amide bonds. The highest BCUT2D eigenvalue weighted by Gasteiger charge is 2.45. The van der Waals surface area contributed by atoms with E-state index in [9.17, 15) is 14.7 Å². The summed E-state index contributed by atoms with van der Waals surface area (Å²) in [5.41, 5.74) is 4.53. The van der Waals surface area contributed by atoms with Crippen LogP contribution in [0.5, 0.6) is 0 Å². The number of carboxylic acids is 1. The first-order chi connectivity index (χ1) is 11.6. The average molecular weight is 321 g/mol. The van der Waals surface area contributed by atoms with Crippen LogP contribution < -0.4 is 0 Å². The predicted octanol–water partition coefficient (Wildman–Crippen LogP) is 3.33. The van der Waals surface area contributed by atoms with Crippen molar-refractivity contribution in [3.05, 3.63) is 59.7 Å². The molecule has 4 heteroatoms. The molecule has 2 aliphatic carbocycles. The van der Waals surface area contributed by atoms with Crippen molar-refractivity contribution in [2.75, 3.05) is 7.05 Å². The molecule has 0 aliphatic heterocycles. The maximum Gasteiger partial charge on any atom is 0.307 e. The smallest absolute Gasteiger partial charge is 0.307 e. The van der Waals surface area contributed by atoms with Gasteiger partial charge in [0, 0.05) is 7.05 Å². The first-order valence-electron chi connectivity index (χ1n) is 8.27. The molecule has 0 saturated heterocycles. The standard InChI is InChI=1S/C20H19NO3/c1-21(19(22)16-10-11-17(16)20(23)24)18-14-8-4-2-6-12(14)13-7-3-5-9-15(13)18/h2-9,16-18H,10-11H2,1H3,(H,23,24). The molecular formula is C20H19NO3. The Morgan fingerprint density at radius 3 is 1.88 bits per heavy atom. The topological polar surface area (TPSA) is 57.6 Å². The average Bonchev–Trinajstić information content (AvgIpc) is 2.87. The van der Waals surface area contributed by atoms with Crippen molar-refractivity contribution in [2.24, 2.45) is 11.8 Å². The minimum absolute atomic E-state index is 0.0647. The van der Waals surface area contributed by atoms with Crippen LogP contribution in [-0.2, 0) is 9.59 Å². The third-order valence-electron chi connectivity index (χ3n) is 5.44. The number of carboxylic acid groups (broad SMARTS) is 1. The Kier molecular flexibility index (Phi) is 3.41. The number of carbonyl (C=O) groups is 2. The van der Waals surface area contributed by atoms with Gasteiger partial charge in [0.1, 0.15) is 0 Å². The van der Waals surface area contributed by atoms with Crippen molar-refractivity contribution in [1.82, 2.24) is 4.90 Å². The van der Waals surface area contributed by atoms with E-state index in [1.807, 2.05) is 24.3 Å². The number of nitrogens with zero attached hydrogens (tertiary/aromatic N) is 1. The molecule has 0 radical (unpaired) electrons. The van der Waals surface area contributed by atoms with E-state index in [-0.39, 0.29) is 11.9 Å². The van der Waals surface area contributed by atoms with Crippen molar-refractivity contribution < 1.29 is 14.7 Å². The summed E-state index contributed by atoms with van der Waals surface area (Å²) in [6.45, 7) is 0. The van der Waals surface area contributed by atoms with Crippen molar-refractivity contribution in [2.45, 2.75) is 18.9 Å². The van der Waals surface area contributed by atoms with Crippen LogP contribution in [-0.4, -0.2) is 28.9 Å². The fourth-order valence-electron chi connectivity index (χ4n) is 4.03.